The molecule has 2 atom stereocenters. The van der Waals surface area contributed by atoms with Crippen molar-refractivity contribution in [3.8, 4) is 0 Å². The Labute approximate surface area is 96.9 Å². The van der Waals surface area contributed by atoms with Gasteiger partial charge in [0, 0.05) is 0 Å². The molecular formula is C9H12N4O4. The second-order valence-electron chi connectivity index (χ2n) is 4.02. The molecule has 2 unspecified atom stereocenters. The summed E-state index contributed by atoms with van der Waals surface area (Å²) in [5.41, 5.74) is 0. The lowest BCUT2D eigenvalue weighted by Gasteiger charge is -2.26. The highest BCUT2D eigenvalue weighted by Gasteiger charge is 2.41. The van der Waals surface area contributed by atoms with Crippen molar-refractivity contribution in [1.82, 2.24) is 20.4 Å². The Balaban J connectivity index is 2.11. The molecule has 0 aromatic heterocycles. The minimum absolute atomic E-state index is 0.0858. The highest BCUT2D eigenvalue weighted by atomic mass is 16.2. The molecule has 0 saturated carbocycles. The first-order valence-electron chi connectivity index (χ1n) is 5.14. The first kappa shape index (κ1) is 11.4. The summed E-state index contributed by atoms with van der Waals surface area (Å²) in [5.74, 6) is -0.817. The number of carbonyl (C=O) groups excluding carboxylic acids is 4. The molecule has 17 heavy (non-hydrogen) atoms. The Morgan fingerprint density at radius 1 is 0.882 bits per heavy atom. The number of nitrogens with one attached hydrogen (secondary N) is 2. The lowest BCUT2D eigenvalue weighted by Crippen LogP contribution is -2.46. The highest BCUT2D eigenvalue weighted by molar-refractivity contribution is 6.05. The van der Waals surface area contributed by atoms with Crippen molar-refractivity contribution in [1.29, 1.82) is 0 Å². The van der Waals surface area contributed by atoms with Crippen LogP contribution in [0.3, 0.4) is 0 Å². The van der Waals surface area contributed by atoms with Crippen molar-refractivity contribution in [3.05, 3.63) is 0 Å². The standard InChI is InChI=1S/C9H12N4O4/c1-4-6(14)10-8(16)12(4)3-13-5(2)7(15)11-9(13)17/h4-5H,3H2,1-2H3,(H,10,14,16)(H,11,15,17). The summed E-state index contributed by atoms with van der Waals surface area (Å²) in [6.45, 7) is 3.03. The van der Waals surface area contributed by atoms with E-state index in [1.807, 2.05) is 0 Å². The van der Waals surface area contributed by atoms with Gasteiger partial charge in [0.25, 0.3) is 11.8 Å². The van der Waals surface area contributed by atoms with Gasteiger partial charge >= 0.3 is 12.1 Å². The number of hydrogen-bond donors (Lipinski definition) is 2. The van der Waals surface area contributed by atoms with Crippen molar-refractivity contribution in [2.24, 2.45) is 0 Å². The predicted octanol–water partition coefficient (Wildman–Crippen LogP) is -1.18. The molecular weight excluding hydrogens is 228 g/mol. The fourth-order valence-electron chi connectivity index (χ4n) is 1.74. The zero-order chi connectivity index (χ0) is 12.7. The highest BCUT2D eigenvalue weighted by Crippen LogP contribution is 2.14. The molecule has 2 aliphatic rings. The molecule has 2 heterocycles. The number of amides is 6. The van der Waals surface area contributed by atoms with Crippen LogP contribution in [0.1, 0.15) is 13.8 Å². The Morgan fingerprint density at radius 2 is 1.24 bits per heavy atom. The van der Waals surface area contributed by atoms with E-state index in [0.717, 1.165) is 0 Å². The third-order valence-electron chi connectivity index (χ3n) is 2.98. The molecule has 8 nitrogen and oxygen atoms in total. The largest absolute Gasteiger partial charge is 0.326 e. The van der Waals surface area contributed by atoms with Crippen LogP contribution in [0.25, 0.3) is 0 Å². The lowest BCUT2D eigenvalue weighted by atomic mass is 10.3. The van der Waals surface area contributed by atoms with Gasteiger partial charge in [0.15, 0.2) is 0 Å². The summed E-state index contributed by atoms with van der Waals surface area (Å²) >= 11 is 0. The third-order valence-corrected chi connectivity index (χ3v) is 2.98. The molecule has 8 heteroatoms. The number of imide groups is 2. The first-order chi connectivity index (χ1) is 7.91. The molecule has 2 N–H and O–H groups in total. The van der Waals surface area contributed by atoms with Crippen molar-refractivity contribution < 1.29 is 19.2 Å². The fourth-order valence-corrected chi connectivity index (χ4v) is 1.74. The second-order valence-corrected chi connectivity index (χ2v) is 4.02. The van der Waals surface area contributed by atoms with Gasteiger partial charge in [0.05, 0.1) is 0 Å². The van der Waals surface area contributed by atoms with Crippen LogP contribution in [-0.4, -0.2) is 52.4 Å². The summed E-state index contributed by atoms with van der Waals surface area (Å²) in [7, 11) is 0. The fraction of sp³-hybridized carbons (Fsp3) is 0.556. The molecule has 0 spiro atoms. The first-order valence-corrected chi connectivity index (χ1v) is 5.14. The molecule has 6 amide bonds. The van der Waals surface area contributed by atoms with E-state index in [1.165, 1.54) is 9.80 Å². The molecule has 2 aliphatic heterocycles. The van der Waals surface area contributed by atoms with Gasteiger partial charge in [-0.1, -0.05) is 0 Å². The Morgan fingerprint density at radius 3 is 1.47 bits per heavy atom. The second kappa shape index (κ2) is 3.72. The van der Waals surface area contributed by atoms with E-state index in [0.29, 0.717) is 0 Å². The summed E-state index contributed by atoms with van der Waals surface area (Å²) in [6, 6.07) is -2.39. The van der Waals surface area contributed by atoms with Crippen LogP contribution in [0.5, 0.6) is 0 Å². The molecule has 0 aromatic carbocycles. The molecule has 0 aromatic rings. The average molecular weight is 240 g/mol. The molecule has 92 valence electrons. The van der Waals surface area contributed by atoms with E-state index in [2.05, 4.69) is 10.6 Å². The van der Waals surface area contributed by atoms with Crippen LogP contribution < -0.4 is 10.6 Å². The van der Waals surface area contributed by atoms with Gasteiger partial charge in [-0.05, 0) is 13.8 Å². The van der Waals surface area contributed by atoms with Crippen LogP contribution in [0.2, 0.25) is 0 Å². The van der Waals surface area contributed by atoms with Crippen LogP contribution in [0.15, 0.2) is 0 Å². The molecule has 2 saturated heterocycles. The van der Waals surface area contributed by atoms with Gasteiger partial charge < -0.3 is 0 Å². The summed E-state index contributed by atoms with van der Waals surface area (Å²) < 4.78 is 0. The molecule has 0 aliphatic carbocycles. The van der Waals surface area contributed by atoms with E-state index in [-0.39, 0.29) is 6.67 Å². The van der Waals surface area contributed by atoms with Crippen molar-refractivity contribution >= 4 is 23.9 Å². The van der Waals surface area contributed by atoms with Gasteiger partial charge in [0.2, 0.25) is 0 Å². The molecule has 2 fully saturated rings. The van der Waals surface area contributed by atoms with Crippen LogP contribution in [-0.2, 0) is 9.59 Å². The summed E-state index contributed by atoms with van der Waals surface area (Å²) in [6.07, 6.45) is 0. The Bertz CT molecular complexity index is 383. The van der Waals surface area contributed by atoms with Crippen molar-refractivity contribution in [2.75, 3.05) is 6.67 Å². The smallest absolute Gasteiger partial charge is 0.295 e. The van der Waals surface area contributed by atoms with E-state index in [4.69, 9.17) is 0 Å². The normalized spacial score (nSPS) is 28.8. The number of urea groups is 2. The third kappa shape index (κ3) is 1.71. The topological polar surface area (TPSA) is 98.8 Å². The Hall–Kier alpha value is -2.12. The maximum atomic E-state index is 11.4. The van der Waals surface area contributed by atoms with E-state index in [9.17, 15) is 19.2 Å². The minimum Gasteiger partial charge on any atom is -0.295 e. The summed E-state index contributed by atoms with van der Waals surface area (Å²) in [5, 5.41) is 4.27. The average Bonchev–Trinajstić information content (AvgIpc) is 2.62. The SMILES string of the molecule is CC1C(=O)NC(=O)N1CN1C(=O)NC(=O)C1C. The number of hydrogen-bond acceptors (Lipinski definition) is 4. The molecule has 2 rings (SSSR count). The van der Waals surface area contributed by atoms with Gasteiger partial charge in [-0.2, -0.15) is 0 Å². The van der Waals surface area contributed by atoms with Gasteiger partial charge in [0.1, 0.15) is 18.8 Å². The Kier molecular flexibility index (Phi) is 2.49. The van der Waals surface area contributed by atoms with Crippen molar-refractivity contribution in [2.45, 2.75) is 25.9 Å². The number of rotatable bonds is 2. The molecule has 0 bridgehead atoms. The van der Waals surface area contributed by atoms with Crippen LogP contribution >= 0.6 is 0 Å². The lowest BCUT2D eigenvalue weighted by molar-refractivity contribution is -0.121. The van der Waals surface area contributed by atoms with Gasteiger partial charge in [-0.25, -0.2) is 9.59 Å². The predicted molar refractivity (Wildman–Crippen MR) is 54.5 cm³/mol. The van der Waals surface area contributed by atoms with Crippen LogP contribution in [0, 0.1) is 0 Å². The van der Waals surface area contributed by atoms with Gasteiger partial charge in [-0.15, -0.1) is 0 Å². The van der Waals surface area contributed by atoms with E-state index < -0.39 is 36.0 Å². The maximum Gasteiger partial charge on any atom is 0.326 e. The maximum absolute atomic E-state index is 11.4. The summed E-state index contributed by atoms with van der Waals surface area (Å²) in [4.78, 5) is 47.7. The van der Waals surface area contributed by atoms with Crippen LogP contribution in [0.4, 0.5) is 9.59 Å². The van der Waals surface area contributed by atoms with Gasteiger partial charge in [-0.3, -0.25) is 30.0 Å². The van der Waals surface area contributed by atoms with E-state index in [1.54, 1.807) is 13.8 Å². The quantitative estimate of drug-likeness (QED) is 0.594. The van der Waals surface area contributed by atoms with Crippen molar-refractivity contribution in [3.63, 3.8) is 0 Å². The minimum atomic E-state index is -0.641. The zero-order valence-electron chi connectivity index (χ0n) is 9.39. The number of carbonyl (C=O) groups is 4. The zero-order valence-corrected chi connectivity index (χ0v) is 9.39. The van der Waals surface area contributed by atoms with E-state index >= 15 is 0 Å². The molecule has 0 radical (unpaired) electrons. The number of nitrogens with zero attached hydrogens (tertiary/aromatic N) is 2. The monoisotopic (exact) mass is 240 g/mol.